The molecule has 152 valence electrons. The van der Waals surface area contributed by atoms with Crippen LogP contribution in [-0.4, -0.2) is 54.4 Å². The van der Waals surface area contributed by atoms with Crippen LogP contribution in [0.1, 0.15) is 78.1 Å². The van der Waals surface area contributed by atoms with Gasteiger partial charge in [-0.1, -0.05) is 64.7 Å². The molecule has 0 radical (unpaired) electrons. The number of nitrogens with zero attached hydrogens (tertiary/aromatic N) is 2. The largest absolute Gasteiger partial charge is 0.354 e. The molecule has 0 bridgehead atoms. The molecule has 0 atom stereocenters. The van der Waals surface area contributed by atoms with Crippen LogP contribution in [0.4, 0.5) is 0 Å². The lowest BCUT2D eigenvalue weighted by Crippen LogP contribution is -2.52. The first-order valence-electron chi connectivity index (χ1n) is 9.95. The molecule has 0 heterocycles. The second kappa shape index (κ2) is 15.6. The molecular weight excluding hydrogens is 332 g/mol. The summed E-state index contributed by atoms with van der Waals surface area (Å²) in [6, 6.07) is 0. The molecule has 0 aliphatic rings. The van der Waals surface area contributed by atoms with E-state index in [4.69, 9.17) is 5.73 Å². The molecule has 0 aliphatic heterocycles. The van der Waals surface area contributed by atoms with E-state index in [0.717, 1.165) is 22.9 Å². The molecule has 0 saturated heterocycles. The lowest BCUT2D eigenvalue weighted by molar-refractivity contribution is -0.160. The highest BCUT2D eigenvalue weighted by atomic mass is 16.2. The minimum absolute atomic E-state index is 0.191. The van der Waals surface area contributed by atoms with Crippen molar-refractivity contribution in [2.75, 3.05) is 26.7 Å². The van der Waals surface area contributed by atoms with Crippen molar-refractivity contribution in [3.8, 4) is 0 Å². The van der Waals surface area contributed by atoms with Crippen LogP contribution in [0.3, 0.4) is 0 Å². The van der Waals surface area contributed by atoms with E-state index in [1.54, 1.807) is 0 Å². The summed E-state index contributed by atoms with van der Waals surface area (Å²) in [4.78, 5) is 35.2. The Bertz CT molecular complexity index is 416. The van der Waals surface area contributed by atoms with Crippen LogP contribution in [0.2, 0.25) is 0 Å². The number of rotatable bonds is 14. The highest BCUT2D eigenvalue weighted by Gasteiger charge is 2.21. The fourth-order valence-corrected chi connectivity index (χ4v) is 2.67. The predicted octanol–water partition coefficient (Wildman–Crippen LogP) is 2.20. The number of nitrogens with two attached hydrogens (primary N) is 1. The Morgan fingerprint density at radius 3 is 1.85 bits per heavy atom. The standard InChI is InChI=1S/C19H38N4O3/c1-4-5-6-7-8-9-10-11-12-13-14-21-18(25)16-23(19(26)15-20)22(3)17(2)24/h4-16,20H2,1-3H3,(H,21,25). The van der Waals surface area contributed by atoms with Gasteiger partial charge in [-0.25, -0.2) is 5.01 Å². The number of amides is 3. The Labute approximate surface area is 158 Å². The summed E-state index contributed by atoms with van der Waals surface area (Å²) in [7, 11) is 1.45. The van der Waals surface area contributed by atoms with Gasteiger partial charge < -0.3 is 11.1 Å². The van der Waals surface area contributed by atoms with Crippen molar-refractivity contribution in [3.63, 3.8) is 0 Å². The van der Waals surface area contributed by atoms with Crippen LogP contribution in [0.25, 0.3) is 0 Å². The molecule has 0 aromatic heterocycles. The first-order chi connectivity index (χ1) is 12.4. The van der Waals surface area contributed by atoms with Gasteiger partial charge in [0.1, 0.15) is 6.54 Å². The fourth-order valence-electron chi connectivity index (χ4n) is 2.67. The summed E-state index contributed by atoms with van der Waals surface area (Å²) in [6.07, 6.45) is 12.4. The number of unbranched alkanes of at least 4 members (excludes halogenated alkanes) is 9. The van der Waals surface area contributed by atoms with E-state index in [1.807, 2.05) is 0 Å². The van der Waals surface area contributed by atoms with Crippen molar-refractivity contribution in [1.82, 2.24) is 15.3 Å². The van der Waals surface area contributed by atoms with Gasteiger partial charge in [0, 0.05) is 20.5 Å². The average molecular weight is 371 g/mol. The molecule has 0 aromatic carbocycles. The molecule has 0 fully saturated rings. The van der Waals surface area contributed by atoms with Gasteiger partial charge in [-0.15, -0.1) is 0 Å². The van der Waals surface area contributed by atoms with E-state index < -0.39 is 5.91 Å². The first-order valence-corrected chi connectivity index (χ1v) is 9.95. The molecule has 3 amide bonds. The van der Waals surface area contributed by atoms with Crippen LogP contribution in [0, 0.1) is 0 Å². The van der Waals surface area contributed by atoms with Gasteiger partial charge in [-0.3, -0.25) is 19.4 Å². The van der Waals surface area contributed by atoms with Gasteiger partial charge in [0.25, 0.3) is 5.91 Å². The molecule has 3 N–H and O–H groups in total. The molecule has 0 aliphatic carbocycles. The van der Waals surface area contributed by atoms with E-state index in [0.29, 0.717) is 6.54 Å². The number of carbonyl (C=O) groups excluding carboxylic acids is 3. The Morgan fingerprint density at radius 2 is 1.38 bits per heavy atom. The number of nitrogens with one attached hydrogen (secondary N) is 1. The topological polar surface area (TPSA) is 95.7 Å². The minimum atomic E-state index is -0.461. The van der Waals surface area contributed by atoms with Gasteiger partial charge in [0.15, 0.2) is 0 Å². The highest BCUT2D eigenvalue weighted by molar-refractivity contribution is 5.87. The molecule has 0 unspecified atom stereocenters. The summed E-state index contributed by atoms with van der Waals surface area (Å²) in [5, 5.41) is 5.00. The SMILES string of the molecule is CCCCCCCCCCCCNC(=O)CN(C(=O)CN)N(C)C(C)=O. The van der Waals surface area contributed by atoms with Crippen molar-refractivity contribution in [2.45, 2.75) is 78.1 Å². The van der Waals surface area contributed by atoms with E-state index in [9.17, 15) is 14.4 Å². The summed E-state index contributed by atoms with van der Waals surface area (Å²) in [5.74, 6) is -1.07. The van der Waals surface area contributed by atoms with Gasteiger partial charge in [-0.2, -0.15) is 0 Å². The number of hydrogen-bond donors (Lipinski definition) is 2. The zero-order valence-electron chi connectivity index (χ0n) is 16.9. The molecule has 0 spiro atoms. The van der Waals surface area contributed by atoms with Gasteiger partial charge in [0.05, 0.1) is 6.54 Å². The number of carbonyl (C=O) groups is 3. The number of hydrogen-bond acceptors (Lipinski definition) is 4. The van der Waals surface area contributed by atoms with E-state index in [-0.39, 0.29) is 24.9 Å². The Hall–Kier alpha value is -1.63. The number of hydrazine groups is 1. The quantitative estimate of drug-likeness (QED) is 0.362. The molecule has 0 aromatic rings. The van der Waals surface area contributed by atoms with Crippen LogP contribution in [0.15, 0.2) is 0 Å². The zero-order valence-corrected chi connectivity index (χ0v) is 16.9. The van der Waals surface area contributed by atoms with Crippen LogP contribution in [0.5, 0.6) is 0 Å². The Kier molecular flexibility index (Phi) is 14.6. The maximum atomic E-state index is 12.0. The van der Waals surface area contributed by atoms with Crippen molar-refractivity contribution >= 4 is 17.7 Å². The van der Waals surface area contributed by atoms with Gasteiger partial charge in [-0.05, 0) is 6.42 Å². The molecule has 0 rings (SSSR count). The highest BCUT2D eigenvalue weighted by Crippen LogP contribution is 2.10. The van der Waals surface area contributed by atoms with Crippen molar-refractivity contribution in [2.24, 2.45) is 5.73 Å². The third-order valence-electron chi connectivity index (χ3n) is 4.43. The van der Waals surface area contributed by atoms with E-state index >= 15 is 0 Å². The van der Waals surface area contributed by atoms with Gasteiger partial charge >= 0.3 is 0 Å². The second-order valence-corrected chi connectivity index (χ2v) is 6.73. The zero-order chi connectivity index (χ0) is 19.8. The van der Waals surface area contributed by atoms with Crippen LogP contribution < -0.4 is 11.1 Å². The van der Waals surface area contributed by atoms with Crippen molar-refractivity contribution in [3.05, 3.63) is 0 Å². The summed E-state index contributed by atoms with van der Waals surface area (Å²) < 4.78 is 0. The smallest absolute Gasteiger partial charge is 0.255 e. The van der Waals surface area contributed by atoms with Crippen LogP contribution >= 0.6 is 0 Å². The molecular formula is C19H38N4O3. The van der Waals surface area contributed by atoms with Crippen molar-refractivity contribution in [1.29, 1.82) is 0 Å². The normalized spacial score (nSPS) is 10.5. The summed E-state index contributed by atoms with van der Waals surface area (Å²) >= 11 is 0. The molecule has 26 heavy (non-hydrogen) atoms. The minimum Gasteiger partial charge on any atom is -0.354 e. The average Bonchev–Trinajstić information content (AvgIpc) is 2.62. The molecule has 7 nitrogen and oxygen atoms in total. The maximum absolute atomic E-state index is 12.0. The predicted molar refractivity (Wildman–Crippen MR) is 104 cm³/mol. The summed E-state index contributed by atoms with van der Waals surface area (Å²) in [6.45, 7) is 3.71. The summed E-state index contributed by atoms with van der Waals surface area (Å²) in [5.41, 5.74) is 5.34. The van der Waals surface area contributed by atoms with Crippen molar-refractivity contribution < 1.29 is 14.4 Å². The van der Waals surface area contributed by atoms with E-state index in [2.05, 4.69) is 12.2 Å². The molecule has 0 saturated carbocycles. The van der Waals surface area contributed by atoms with E-state index in [1.165, 1.54) is 65.3 Å². The fraction of sp³-hybridized carbons (Fsp3) is 0.842. The lowest BCUT2D eigenvalue weighted by atomic mass is 10.1. The molecule has 7 heteroatoms. The third-order valence-corrected chi connectivity index (χ3v) is 4.43. The first kappa shape index (κ1) is 24.4. The Morgan fingerprint density at radius 1 is 0.885 bits per heavy atom. The second-order valence-electron chi connectivity index (χ2n) is 6.73. The lowest BCUT2D eigenvalue weighted by Gasteiger charge is -2.30. The van der Waals surface area contributed by atoms with Crippen LogP contribution in [-0.2, 0) is 14.4 Å². The van der Waals surface area contributed by atoms with Gasteiger partial charge in [0.2, 0.25) is 11.8 Å². The monoisotopic (exact) mass is 370 g/mol. The maximum Gasteiger partial charge on any atom is 0.255 e. The third kappa shape index (κ3) is 11.8. The Balaban J connectivity index is 3.80.